The molecule has 1 aliphatic rings. The summed E-state index contributed by atoms with van der Waals surface area (Å²) in [6.45, 7) is 2.09. The van der Waals surface area contributed by atoms with Crippen LogP contribution in [0.2, 0.25) is 0 Å². The van der Waals surface area contributed by atoms with E-state index in [0.29, 0.717) is 6.42 Å². The largest absolute Gasteiger partial charge is 0.387 e. The van der Waals surface area contributed by atoms with E-state index in [1.807, 2.05) is 0 Å². The second kappa shape index (κ2) is 4.25. The molecule has 0 unspecified atom stereocenters. The Bertz CT molecular complexity index is 357. The molecule has 0 radical (unpaired) electrons. The first-order valence-corrected chi connectivity index (χ1v) is 5.14. The SMILES string of the molecule is N=C(N)Cc1cncnc1N1CCCC1. The van der Waals surface area contributed by atoms with E-state index in [0.717, 1.165) is 24.5 Å². The Labute approximate surface area is 88.8 Å². The van der Waals surface area contributed by atoms with Crippen molar-refractivity contribution in [2.45, 2.75) is 19.3 Å². The number of nitrogens with zero attached hydrogens (tertiary/aromatic N) is 3. The molecule has 2 heterocycles. The molecule has 1 aliphatic heterocycles. The average Bonchev–Trinajstić information content (AvgIpc) is 2.70. The summed E-state index contributed by atoms with van der Waals surface area (Å²) in [7, 11) is 0. The molecule has 1 aromatic rings. The van der Waals surface area contributed by atoms with E-state index in [1.165, 1.54) is 12.8 Å². The van der Waals surface area contributed by atoms with Gasteiger partial charge in [0.1, 0.15) is 12.1 Å². The molecule has 5 nitrogen and oxygen atoms in total. The topological polar surface area (TPSA) is 78.9 Å². The molecule has 80 valence electrons. The smallest absolute Gasteiger partial charge is 0.135 e. The molecule has 1 aromatic heterocycles. The highest BCUT2D eigenvalue weighted by Crippen LogP contribution is 2.21. The van der Waals surface area contributed by atoms with Crippen molar-refractivity contribution in [2.75, 3.05) is 18.0 Å². The third-order valence-corrected chi connectivity index (χ3v) is 2.55. The van der Waals surface area contributed by atoms with Crippen LogP contribution in [-0.2, 0) is 6.42 Å². The highest BCUT2D eigenvalue weighted by atomic mass is 15.2. The second-order valence-electron chi connectivity index (χ2n) is 3.77. The van der Waals surface area contributed by atoms with Crippen LogP contribution in [0.5, 0.6) is 0 Å². The van der Waals surface area contributed by atoms with E-state index in [2.05, 4.69) is 14.9 Å². The van der Waals surface area contributed by atoms with E-state index in [9.17, 15) is 0 Å². The summed E-state index contributed by atoms with van der Waals surface area (Å²) in [6, 6.07) is 0. The van der Waals surface area contributed by atoms with E-state index in [-0.39, 0.29) is 5.84 Å². The lowest BCUT2D eigenvalue weighted by Gasteiger charge is -2.18. The van der Waals surface area contributed by atoms with Crippen molar-refractivity contribution in [3.63, 3.8) is 0 Å². The number of nitrogens with two attached hydrogens (primary N) is 1. The Kier molecular flexibility index (Phi) is 2.80. The number of hydrogen-bond acceptors (Lipinski definition) is 4. The average molecular weight is 205 g/mol. The summed E-state index contributed by atoms with van der Waals surface area (Å²) >= 11 is 0. The summed E-state index contributed by atoms with van der Waals surface area (Å²) in [5, 5.41) is 7.30. The van der Waals surface area contributed by atoms with Gasteiger partial charge in [-0.25, -0.2) is 9.97 Å². The Hall–Kier alpha value is -1.65. The predicted octanol–water partition coefficient (Wildman–Crippen LogP) is 0.555. The van der Waals surface area contributed by atoms with Gasteiger partial charge in [0.15, 0.2) is 0 Å². The van der Waals surface area contributed by atoms with Crippen LogP contribution in [-0.4, -0.2) is 28.9 Å². The van der Waals surface area contributed by atoms with Crippen molar-refractivity contribution >= 4 is 11.7 Å². The summed E-state index contributed by atoms with van der Waals surface area (Å²) in [5.74, 6) is 1.10. The van der Waals surface area contributed by atoms with Gasteiger partial charge in [-0.15, -0.1) is 0 Å². The maximum atomic E-state index is 7.30. The second-order valence-corrected chi connectivity index (χ2v) is 3.77. The summed E-state index contributed by atoms with van der Waals surface area (Å²) in [5.41, 5.74) is 6.35. The Morgan fingerprint density at radius 1 is 1.47 bits per heavy atom. The van der Waals surface area contributed by atoms with Crippen LogP contribution in [0.25, 0.3) is 0 Å². The number of rotatable bonds is 3. The first-order chi connectivity index (χ1) is 7.27. The molecule has 0 aromatic carbocycles. The van der Waals surface area contributed by atoms with Gasteiger partial charge >= 0.3 is 0 Å². The van der Waals surface area contributed by atoms with Crippen LogP contribution in [0.4, 0.5) is 5.82 Å². The molecule has 2 rings (SSSR count). The quantitative estimate of drug-likeness (QED) is 0.558. The molecule has 15 heavy (non-hydrogen) atoms. The lowest BCUT2D eigenvalue weighted by molar-refractivity contribution is 0.909. The van der Waals surface area contributed by atoms with Gasteiger partial charge in [-0.05, 0) is 12.8 Å². The zero-order chi connectivity index (χ0) is 10.7. The van der Waals surface area contributed by atoms with Crippen molar-refractivity contribution in [1.82, 2.24) is 9.97 Å². The molecule has 0 bridgehead atoms. The molecular weight excluding hydrogens is 190 g/mol. The molecule has 1 saturated heterocycles. The molecule has 3 N–H and O–H groups in total. The zero-order valence-corrected chi connectivity index (χ0v) is 8.61. The van der Waals surface area contributed by atoms with Crippen molar-refractivity contribution in [1.29, 1.82) is 5.41 Å². The van der Waals surface area contributed by atoms with Crippen molar-refractivity contribution in [2.24, 2.45) is 5.73 Å². The number of hydrogen-bond donors (Lipinski definition) is 2. The summed E-state index contributed by atoms with van der Waals surface area (Å²) in [6.07, 6.45) is 6.17. The Morgan fingerprint density at radius 2 is 2.20 bits per heavy atom. The maximum Gasteiger partial charge on any atom is 0.135 e. The van der Waals surface area contributed by atoms with Crippen LogP contribution < -0.4 is 10.6 Å². The summed E-state index contributed by atoms with van der Waals surface area (Å²) in [4.78, 5) is 10.5. The van der Waals surface area contributed by atoms with Gasteiger partial charge in [0.25, 0.3) is 0 Å². The Morgan fingerprint density at radius 3 is 2.87 bits per heavy atom. The third-order valence-electron chi connectivity index (χ3n) is 2.55. The van der Waals surface area contributed by atoms with E-state index < -0.39 is 0 Å². The predicted molar refractivity (Wildman–Crippen MR) is 59.1 cm³/mol. The first kappa shape index (κ1) is 9.89. The van der Waals surface area contributed by atoms with Gasteiger partial charge in [-0.1, -0.05) is 0 Å². The minimum Gasteiger partial charge on any atom is -0.387 e. The lowest BCUT2D eigenvalue weighted by Crippen LogP contribution is -2.23. The van der Waals surface area contributed by atoms with Crippen LogP contribution in [0.1, 0.15) is 18.4 Å². The highest BCUT2D eigenvalue weighted by molar-refractivity contribution is 5.80. The Balaban J connectivity index is 2.24. The van der Waals surface area contributed by atoms with E-state index >= 15 is 0 Å². The monoisotopic (exact) mass is 205 g/mol. The number of aromatic nitrogens is 2. The lowest BCUT2D eigenvalue weighted by atomic mass is 10.2. The van der Waals surface area contributed by atoms with Gasteiger partial charge in [0.2, 0.25) is 0 Å². The van der Waals surface area contributed by atoms with Crippen molar-refractivity contribution in [3.8, 4) is 0 Å². The van der Waals surface area contributed by atoms with Crippen LogP contribution in [0.3, 0.4) is 0 Å². The van der Waals surface area contributed by atoms with Gasteiger partial charge in [-0.2, -0.15) is 0 Å². The van der Waals surface area contributed by atoms with Crippen molar-refractivity contribution < 1.29 is 0 Å². The van der Waals surface area contributed by atoms with Crippen LogP contribution in [0.15, 0.2) is 12.5 Å². The van der Waals surface area contributed by atoms with Gasteiger partial charge < -0.3 is 10.6 Å². The zero-order valence-electron chi connectivity index (χ0n) is 8.61. The fraction of sp³-hybridized carbons (Fsp3) is 0.500. The van der Waals surface area contributed by atoms with Crippen LogP contribution >= 0.6 is 0 Å². The molecule has 0 saturated carbocycles. The third kappa shape index (κ3) is 2.23. The fourth-order valence-corrected chi connectivity index (χ4v) is 1.90. The molecular formula is C10H15N5. The van der Waals surface area contributed by atoms with E-state index in [1.54, 1.807) is 12.5 Å². The number of nitrogens with one attached hydrogen (secondary N) is 1. The molecule has 5 heteroatoms. The highest BCUT2D eigenvalue weighted by Gasteiger charge is 2.17. The molecule has 0 spiro atoms. The summed E-state index contributed by atoms with van der Waals surface area (Å²) < 4.78 is 0. The first-order valence-electron chi connectivity index (χ1n) is 5.14. The normalized spacial score (nSPS) is 15.6. The standard InChI is InChI=1S/C10H15N5/c11-9(12)5-8-6-13-7-14-10(8)15-3-1-2-4-15/h6-7H,1-5H2,(H3,11,12). The molecule has 0 amide bonds. The number of amidine groups is 1. The van der Waals surface area contributed by atoms with Gasteiger partial charge in [0.05, 0.1) is 5.84 Å². The minimum absolute atomic E-state index is 0.158. The van der Waals surface area contributed by atoms with Crippen molar-refractivity contribution in [3.05, 3.63) is 18.1 Å². The fourth-order valence-electron chi connectivity index (χ4n) is 1.90. The van der Waals surface area contributed by atoms with E-state index in [4.69, 9.17) is 11.1 Å². The maximum absolute atomic E-state index is 7.30. The molecule has 1 fully saturated rings. The minimum atomic E-state index is 0.158. The van der Waals surface area contributed by atoms with Crippen LogP contribution in [0, 0.1) is 5.41 Å². The van der Waals surface area contributed by atoms with Gasteiger partial charge in [-0.3, -0.25) is 5.41 Å². The molecule has 0 aliphatic carbocycles. The number of anilines is 1. The van der Waals surface area contributed by atoms with Gasteiger partial charge in [0, 0.05) is 31.3 Å². The molecule has 0 atom stereocenters.